The van der Waals surface area contributed by atoms with E-state index < -0.39 is 27.5 Å². The number of sulfonamides is 1. The number of hydrogen-bond donors (Lipinski definition) is 1. The molecule has 1 aliphatic rings. The van der Waals surface area contributed by atoms with Crippen molar-refractivity contribution in [1.29, 1.82) is 0 Å². The number of anilines is 1. The lowest BCUT2D eigenvalue weighted by Crippen LogP contribution is -2.40. The van der Waals surface area contributed by atoms with Crippen LogP contribution in [0.3, 0.4) is 0 Å². The number of ether oxygens (including phenoxy) is 2. The van der Waals surface area contributed by atoms with E-state index in [9.17, 15) is 22.8 Å². The van der Waals surface area contributed by atoms with Gasteiger partial charge in [0.1, 0.15) is 22.9 Å². The predicted octanol–water partition coefficient (Wildman–Crippen LogP) is 2.78. The van der Waals surface area contributed by atoms with Gasteiger partial charge in [0.25, 0.3) is 5.56 Å². The molecule has 3 heterocycles. The molecule has 1 amide bonds. The Hall–Kier alpha value is -3.91. The topological polar surface area (TPSA) is 137 Å². The number of amides is 1. The molecule has 40 heavy (non-hydrogen) atoms. The van der Waals surface area contributed by atoms with Crippen molar-refractivity contribution in [2.45, 2.75) is 25.0 Å². The van der Waals surface area contributed by atoms with Gasteiger partial charge in [0.2, 0.25) is 15.9 Å². The van der Waals surface area contributed by atoms with Gasteiger partial charge >= 0.3 is 5.97 Å². The summed E-state index contributed by atoms with van der Waals surface area (Å²) in [4.78, 5) is 43.6. The second-order valence-electron chi connectivity index (χ2n) is 9.06. The fraction of sp³-hybridized carbons (Fsp3) is 0.259. The van der Waals surface area contributed by atoms with Crippen LogP contribution in [0.25, 0.3) is 10.2 Å². The van der Waals surface area contributed by atoms with Crippen molar-refractivity contribution in [3.8, 4) is 0 Å². The SMILES string of the molecule is Cc1c(C(=O)OCc2ccccc2)sc2ncn(CC(=O)Nc3ccc(S(=O)(=O)N4CCOCC4)cc3)c(=O)c12. The zero-order chi connectivity index (χ0) is 28.3. The van der Waals surface area contributed by atoms with Crippen molar-refractivity contribution in [3.05, 3.63) is 87.3 Å². The lowest BCUT2D eigenvalue weighted by atomic mass is 10.2. The van der Waals surface area contributed by atoms with Crippen LogP contribution in [-0.2, 0) is 37.4 Å². The van der Waals surface area contributed by atoms with Gasteiger partial charge in [-0.25, -0.2) is 18.2 Å². The van der Waals surface area contributed by atoms with Crippen LogP contribution < -0.4 is 10.9 Å². The van der Waals surface area contributed by atoms with E-state index in [-0.39, 0.29) is 41.4 Å². The summed E-state index contributed by atoms with van der Waals surface area (Å²) in [7, 11) is -3.65. The molecule has 2 aromatic heterocycles. The van der Waals surface area contributed by atoms with Crippen LogP contribution in [0.4, 0.5) is 5.69 Å². The smallest absolute Gasteiger partial charge is 0.349 e. The zero-order valence-electron chi connectivity index (χ0n) is 21.5. The molecule has 0 radical (unpaired) electrons. The molecule has 1 saturated heterocycles. The minimum atomic E-state index is -3.65. The van der Waals surface area contributed by atoms with Crippen molar-refractivity contribution >= 4 is 49.1 Å². The maximum absolute atomic E-state index is 13.2. The number of benzene rings is 2. The first-order chi connectivity index (χ1) is 19.2. The van der Waals surface area contributed by atoms with E-state index in [0.717, 1.165) is 21.5 Å². The number of carbonyl (C=O) groups excluding carboxylic acids is 2. The van der Waals surface area contributed by atoms with E-state index in [4.69, 9.17) is 9.47 Å². The Morgan fingerprint density at radius 2 is 1.77 bits per heavy atom. The van der Waals surface area contributed by atoms with E-state index >= 15 is 0 Å². The minimum Gasteiger partial charge on any atom is -0.457 e. The lowest BCUT2D eigenvalue weighted by Gasteiger charge is -2.26. The molecule has 13 heteroatoms. The number of carbonyl (C=O) groups is 2. The molecule has 1 fully saturated rings. The highest BCUT2D eigenvalue weighted by Gasteiger charge is 2.26. The van der Waals surface area contributed by atoms with Gasteiger partial charge in [-0.15, -0.1) is 11.3 Å². The van der Waals surface area contributed by atoms with E-state index in [2.05, 4.69) is 10.3 Å². The Morgan fingerprint density at radius 3 is 2.48 bits per heavy atom. The van der Waals surface area contributed by atoms with Crippen molar-refractivity contribution in [2.24, 2.45) is 0 Å². The van der Waals surface area contributed by atoms with Crippen LogP contribution in [0.1, 0.15) is 20.8 Å². The first-order valence-corrected chi connectivity index (χ1v) is 14.7. The summed E-state index contributed by atoms with van der Waals surface area (Å²) >= 11 is 1.07. The molecular weight excluding hydrogens is 556 g/mol. The number of nitrogens with one attached hydrogen (secondary N) is 1. The average Bonchev–Trinajstić information content (AvgIpc) is 3.31. The third-order valence-corrected chi connectivity index (χ3v) is 9.47. The first kappa shape index (κ1) is 27.6. The standard InChI is InChI=1S/C27H26N4O7S2/c1-18-23-25(39-24(18)27(34)38-16-19-5-3-2-4-6-19)28-17-30(26(23)33)15-22(32)29-20-7-9-21(10-8-20)40(35,36)31-11-13-37-14-12-31/h2-10,17H,11-16H2,1H3,(H,29,32). The van der Waals surface area contributed by atoms with Crippen LogP contribution in [0.15, 0.2) is 70.6 Å². The third-order valence-electron chi connectivity index (χ3n) is 6.38. The molecule has 1 N–H and O–H groups in total. The minimum absolute atomic E-state index is 0.102. The van der Waals surface area contributed by atoms with E-state index in [0.29, 0.717) is 29.3 Å². The Labute approximate surface area is 234 Å². The molecule has 0 atom stereocenters. The second-order valence-corrected chi connectivity index (χ2v) is 12.0. The summed E-state index contributed by atoms with van der Waals surface area (Å²) in [6.45, 7) is 2.69. The van der Waals surface area contributed by atoms with Gasteiger partial charge in [-0.3, -0.25) is 14.2 Å². The van der Waals surface area contributed by atoms with Crippen LogP contribution >= 0.6 is 11.3 Å². The van der Waals surface area contributed by atoms with Crippen LogP contribution in [0.5, 0.6) is 0 Å². The molecule has 0 saturated carbocycles. The van der Waals surface area contributed by atoms with Crippen molar-refractivity contribution in [3.63, 3.8) is 0 Å². The molecule has 208 valence electrons. The highest BCUT2D eigenvalue weighted by atomic mass is 32.2. The number of esters is 1. The molecule has 0 spiro atoms. The number of aryl methyl sites for hydroxylation is 1. The Balaban J connectivity index is 1.26. The molecule has 1 aliphatic heterocycles. The quantitative estimate of drug-likeness (QED) is 0.313. The normalized spacial score (nSPS) is 14.2. The van der Waals surface area contributed by atoms with Crippen LogP contribution in [-0.4, -0.2) is 60.5 Å². The maximum Gasteiger partial charge on any atom is 0.349 e. The zero-order valence-corrected chi connectivity index (χ0v) is 23.2. The lowest BCUT2D eigenvalue weighted by molar-refractivity contribution is -0.116. The van der Waals surface area contributed by atoms with Gasteiger partial charge in [0.05, 0.1) is 29.8 Å². The van der Waals surface area contributed by atoms with Gasteiger partial charge in [-0.05, 0) is 42.3 Å². The number of thiophene rings is 1. The first-order valence-electron chi connectivity index (χ1n) is 12.4. The second kappa shape index (κ2) is 11.7. The fourth-order valence-corrected chi connectivity index (χ4v) is 6.70. The summed E-state index contributed by atoms with van der Waals surface area (Å²) in [6.07, 6.45) is 1.26. The molecule has 0 bridgehead atoms. The monoisotopic (exact) mass is 582 g/mol. The Bertz CT molecular complexity index is 1710. The van der Waals surface area contributed by atoms with Gasteiger partial charge in [0.15, 0.2) is 0 Å². The van der Waals surface area contributed by atoms with Crippen molar-refractivity contribution < 1.29 is 27.5 Å². The summed E-state index contributed by atoms with van der Waals surface area (Å²) in [6, 6.07) is 15.1. The molecular formula is C27H26N4O7S2. The summed E-state index contributed by atoms with van der Waals surface area (Å²) < 4.78 is 38.7. The average molecular weight is 583 g/mol. The molecule has 0 aliphatic carbocycles. The number of morpholine rings is 1. The van der Waals surface area contributed by atoms with Crippen LogP contribution in [0.2, 0.25) is 0 Å². The predicted molar refractivity (Wildman–Crippen MR) is 149 cm³/mol. The Kier molecular flexibility index (Phi) is 8.07. The molecule has 5 rings (SSSR count). The van der Waals surface area contributed by atoms with Gasteiger partial charge in [-0.1, -0.05) is 30.3 Å². The fourth-order valence-electron chi connectivity index (χ4n) is 4.26. The molecule has 11 nitrogen and oxygen atoms in total. The number of nitrogens with zero attached hydrogens (tertiary/aromatic N) is 3. The highest BCUT2D eigenvalue weighted by molar-refractivity contribution is 7.89. The molecule has 2 aromatic carbocycles. The van der Waals surface area contributed by atoms with E-state index in [1.165, 1.54) is 34.9 Å². The Morgan fingerprint density at radius 1 is 1.07 bits per heavy atom. The number of fused-ring (bicyclic) bond motifs is 1. The van der Waals surface area contributed by atoms with Crippen molar-refractivity contribution in [1.82, 2.24) is 13.9 Å². The summed E-state index contributed by atoms with van der Waals surface area (Å²) in [5.41, 5.74) is 1.21. The number of aromatic nitrogens is 2. The van der Waals surface area contributed by atoms with Gasteiger partial charge in [-0.2, -0.15) is 4.31 Å². The maximum atomic E-state index is 13.2. The van der Waals surface area contributed by atoms with Crippen molar-refractivity contribution in [2.75, 3.05) is 31.6 Å². The van der Waals surface area contributed by atoms with E-state index in [1.807, 2.05) is 30.3 Å². The molecule has 0 unspecified atom stereocenters. The third kappa shape index (κ3) is 5.82. The largest absolute Gasteiger partial charge is 0.457 e. The number of hydrogen-bond acceptors (Lipinski definition) is 9. The van der Waals surface area contributed by atoms with E-state index in [1.54, 1.807) is 6.92 Å². The summed E-state index contributed by atoms with van der Waals surface area (Å²) in [5.74, 6) is -1.05. The van der Waals surface area contributed by atoms with Gasteiger partial charge < -0.3 is 14.8 Å². The van der Waals surface area contributed by atoms with Crippen LogP contribution in [0, 0.1) is 6.92 Å². The summed E-state index contributed by atoms with van der Waals surface area (Å²) in [5, 5.41) is 2.92. The number of rotatable bonds is 8. The highest BCUT2D eigenvalue weighted by Crippen LogP contribution is 2.28. The molecule has 4 aromatic rings. The van der Waals surface area contributed by atoms with Gasteiger partial charge in [0, 0.05) is 18.8 Å².